The molecule has 1 aromatic carbocycles. The Labute approximate surface area is 123 Å². The van der Waals surface area contributed by atoms with Crippen LogP contribution in [0.4, 0.5) is 0 Å². The molecule has 1 aliphatic rings. The molecule has 110 valence electrons. The van der Waals surface area contributed by atoms with Crippen molar-refractivity contribution in [1.82, 2.24) is 0 Å². The molecule has 0 radical (unpaired) electrons. The van der Waals surface area contributed by atoms with E-state index >= 15 is 0 Å². The van der Waals surface area contributed by atoms with Crippen LogP contribution in [0.1, 0.15) is 32.8 Å². The molecule has 1 heterocycles. The minimum Gasteiger partial charge on any atom is -0.591 e. The quantitative estimate of drug-likeness (QED) is 0.634. The largest absolute Gasteiger partial charge is 0.591 e. The summed E-state index contributed by atoms with van der Waals surface area (Å²) in [5, 5.41) is 0. The van der Waals surface area contributed by atoms with Crippen LogP contribution in [0.2, 0.25) is 0 Å². The molecule has 1 aromatic rings. The highest BCUT2D eigenvalue weighted by Crippen LogP contribution is 2.19. The fourth-order valence-electron chi connectivity index (χ4n) is 1.70. The monoisotopic (exact) mass is 295 g/mol. The molecule has 4 nitrogen and oxygen atoms in total. The van der Waals surface area contributed by atoms with E-state index in [0.717, 1.165) is 24.3 Å². The van der Waals surface area contributed by atoms with E-state index < -0.39 is 11.4 Å². The summed E-state index contributed by atoms with van der Waals surface area (Å²) in [4.78, 5) is 0. The van der Waals surface area contributed by atoms with Crippen molar-refractivity contribution >= 4 is 17.6 Å². The van der Waals surface area contributed by atoms with Gasteiger partial charge < -0.3 is 14.0 Å². The molecule has 2 atom stereocenters. The van der Waals surface area contributed by atoms with Crippen molar-refractivity contribution in [3.8, 4) is 5.75 Å². The Hall–Kier alpha value is -1.04. The van der Waals surface area contributed by atoms with Crippen LogP contribution in [0.3, 0.4) is 0 Å². The third-order valence-corrected chi connectivity index (χ3v) is 4.24. The van der Waals surface area contributed by atoms with Gasteiger partial charge in [0.15, 0.2) is 0 Å². The van der Waals surface area contributed by atoms with E-state index in [2.05, 4.69) is 4.40 Å². The molecule has 2 unspecified atom stereocenters. The molecule has 2 rings (SSSR count). The standard InChI is InChI=1S/C15H21NO3S/c1-15(2,3)20(17)16-10-12-4-6-13(7-5-12)19-14-8-9-18-11-14/h4-7,10,14H,8-9,11H2,1-3H3. The average molecular weight is 295 g/mol. The van der Waals surface area contributed by atoms with Gasteiger partial charge in [-0.05, 0) is 50.6 Å². The molecule has 0 spiro atoms. The lowest BCUT2D eigenvalue weighted by atomic mass is 10.2. The average Bonchev–Trinajstić information content (AvgIpc) is 2.89. The predicted octanol–water partition coefficient (Wildman–Crippen LogP) is 2.74. The smallest absolute Gasteiger partial charge is 0.144 e. The maximum absolute atomic E-state index is 11.8. The molecular weight excluding hydrogens is 274 g/mol. The Morgan fingerprint density at radius 2 is 2.05 bits per heavy atom. The molecule has 1 saturated heterocycles. The van der Waals surface area contributed by atoms with Crippen molar-refractivity contribution in [2.24, 2.45) is 4.40 Å². The Morgan fingerprint density at radius 3 is 2.60 bits per heavy atom. The first-order valence-corrected chi connectivity index (χ1v) is 7.86. The van der Waals surface area contributed by atoms with Crippen molar-refractivity contribution in [3.63, 3.8) is 0 Å². The van der Waals surface area contributed by atoms with E-state index in [4.69, 9.17) is 9.47 Å². The second-order valence-electron chi connectivity index (χ2n) is 5.77. The Balaban J connectivity index is 1.92. The Bertz CT molecular complexity index is 447. The van der Waals surface area contributed by atoms with Gasteiger partial charge in [-0.15, -0.1) is 0 Å². The number of benzene rings is 1. The minimum absolute atomic E-state index is 0.155. The number of hydrogen-bond acceptors (Lipinski definition) is 4. The molecule has 0 N–H and O–H groups in total. The lowest BCUT2D eigenvalue weighted by Gasteiger charge is -2.17. The topological polar surface area (TPSA) is 53.9 Å². The first-order valence-electron chi connectivity index (χ1n) is 6.76. The normalized spacial score (nSPS) is 21.3. The maximum atomic E-state index is 11.8. The first kappa shape index (κ1) is 15.4. The zero-order valence-electron chi connectivity index (χ0n) is 12.2. The van der Waals surface area contributed by atoms with Gasteiger partial charge in [0.25, 0.3) is 0 Å². The molecule has 5 heteroatoms. The summed E-state index contributed by atoms with van der Waals surface area (Å²) in [5.41, 5.74) is 0.914. The lowest BCUT2D eigenvalue weighted by Crippen LogP contribution is -2.25. The van der Waals surface area contributed by atoms with Crippen LogP contribution < -0.4 is 4.74 Å². The third kappa shape index (κ3) is 4.51. The molecule has 0 bridgehead atoms. The molecular formula is C15H21NO3S. The Kier molecular flexibility index (Phi) is 5.07. The maximum Gasteiger partial charge on any atom is 0.144 e. The summed E-state index contributed by atoms with van der Waals surface area (Å²) in [5.74, 6) is 0.828. The number of rotatable bonds is 4. The van der Waals surface area contributed by atoms with Gasteiger partial charge in [0.2, 0.25) is 0 Å². The summed E-state index contributed by atoms with van der Waals surface area (Å²) in [6.07, 6.45) is 2.74. The zero-order valence-corrected chi connectivity index (χ0v) is 13.0. The zero-order chi connectivity index (χ0) is 14.6. The van der Waals surface area contributed by atoms with Crippen molar-refractivity contribution in [3.05, 3.63) is 29.8 Å². The fourth-order valence-corrected chi connectivity index (χ4v) is 2.23. The molecule has 0 amide bonds. The van der Waals surface area contributed by atoms with Crippen LogP contribution in [0, 0.1) is 0 Å². The van der Waals surface area contributed by atoms with Crippen LogP contribution >= 0.6 is 0 Å². The lowest BCUT2D eigenvalue weighted by molar-refractivity contribution is 0.141. The highest BCUT2D eigenvalue weighted by molar-refractivity contribution is 7.91. The van der Waals surface area contributed by atoms with Crippen LogP contribution in [-0.4, -0.2) is 34.8 Å². The Morgan fingerprint density at radius 1 is 1.35 bits per heavy atom. The van der Waals surface area contributed by atoms with Crippen molar-refractivity contribution in [2.45, 2.75) is 38.0 Å². The van der Waals surface area contributed by atoms with Gasteiger partial charge in [-0.2, -0.15) is 0 Å². The van der Waals surface area contributed by atoms with Crippen molar-refractivity contribution in [1.29, 1.82) is 0 Å². The number of hydrogen-bond donors (Lipinski definition) is 0. The minimum atomic E-state index is -1.23. The molecule has 20 heavy (non-hydrogen) atoms. The summed E-state index contributed by atoms with van der Waals surface area (Å²) < 4.78 is 26.6. The van der Waals surface area contributed by atoms with Crippen molar-refractivity contribution in [2.75, 3.05) is 13.2 Å². The van der Waals surface area contributed by atoms with Crippen molar-refractivity contribution < 1.29 is 14.0 Å². The van der Waals surface area contributed by atoms with E-state index in [0.29, 0.717) is 6.61 Å². The third-order valence-electron chi connectivity index (χ3n) is 2.89. The van der Waals surface area contributed by atoms with E-state index in [1.165, 1.54) is 0 Å². The summed E-state index contributed by atoms with van der Waals surface area (Å²) in [7, 11) is 0. The van der Waals surface area contributed by atoms with Gasteiger partial charge in [0.1, 0.15) is 28.0 Å². The van der Waals surface area contributed by atoms with Gasteiger partial charge in [-0.1, -0.05) is 4.40 Å². The van der Waals surface area contributed by atoms with E-state index in [1.54, 1.807) is 6.21 Å². The summed E-state index contributed by atoms with van der Waals surface area (Å²) >= 11 is -1.23. The summed E-state index contributed by atoms with van der Waals surface area (Å²) in [6, 6.07) is 7.63. The highest BCUT2D eigenvalue weighted by atomic mass is 32.2. The highest BCUT2D eigenvalue weighted by Gasteiger charge is 2.25. The predicted molar refractivity (Wildman–Crippen MR) is 81.8 cm³/mol. The number of ether oxygens (including phenoxy) is 2. The van der Waals surface area contributed by atoms with E-state index in [1.807, 2.05) is 45.0 Å². The van der Waals surface area contributed by atoms with Gasteiger partial charge >= 0.3 is 0 Å². The van der Waals surface area contributed by atoms with E-state index in [9.17, 15) is 4.55 Å². The SMILES string of the molecule is CC(C)(C)[S+]([O-])N=Cc1ccc(OC2CCOC2)cc1. The van der Waals surface area contributed by atoms with Crippen LogP contribution in [0.15, 0.2) is 28.7 Å². The van der Waals surface area contributed by atoms with Crippen LogP contribution in [0.25, 0.3) is 0 Å². The molecule has 1 fully saturated rings. The molecule has 0 aliphatic carbocycles. The molecule has 1 aliphatic heterocycles. The molecule has 0 saturated carbocycles. The van der Waals surface area contributed by atoms with E-state index in [-0.39, 0.29) is 10.9 Å². The number of nitrogens with zero attached hydrogens (tertiary/aromatic N) is 1. The van der Waals surface area contributed by atoms with Gasteiger partial charge in [0, 0.05) is 6.42 Å². The molecule has 0 aromatic heterocycles. The van der Waals surface area contributed by atoms with Gasteiger partial charge in [-0.25, -0.2) is 0 Å². The second kappa shape index (κ2) is 6.61. The fraction of sp³-hybridized carbons (Fsp3) is 0.533. The summed E-state index contributed by atoms with van der Waals surface area (Å²) in [6.45, 7) is 7.14. The first-order chi connectivity index (χ1) is 9.45. The van der Waals surface area contributed by atoms with Crippen LogP contribution in [-0.2, 0) is 16.1 Å². The van der Waals surface area contributed by atoms with Crippen LogP contribution in [0.5, 0.6) is 5.75 Å². The van der Waals surface area contributed by atoms with Gasteiger partial charge in [0.05, 0.1) is 19.4 Å². The van der Waals surface area contributed by atoms with Gasteiger partial charge in [-0.3, -0.25) is 0 Å². The second-order valence-corrected chi connectivity index (χ2v) is 7.70.